The molecule has 0 saturated heterocycles. The van der Waals surface area contributed by atoms with E-state index in [0.29, 0.717) is 23.6 Å². The highest BCUT2D eigenvalue weighted by atomic mass is 32.2. The van der Waals surface area contributed by atoms with Crippen LogP contribution in [0, 0.1) is 4.77 Å². The lowest BCUT2D eigenvalue weighted by atomic mass is 10.3. The summed E-state index contributed by atoms with van der Waals surface area (Å²) in [6, 6.07) is 8.35. The number of hydrogen-bond acceptors (Lipinski definition) is 4. The Kier molecular flexibility index (Phi) is 4.90. The Labute approximate surface area is 151 Å². The summed E-state index contributed by atoms with van der Waals surface area (Å²) in [6.45, 7) is 8.37. The van der Waals surface area contributed by atoms with Gasteiger partial charge in [0.1, 0.15) is 10.7 Å². The minimum atomic E-state index is 0.209. The number of nitrogens with zero attached hydrogens (tertiary/aromatic N) is 3. The summed E-state index contributed by atoms with van der Waals surface area (Å²) in [7, 11) is 0. The molecule has 2 aromatic rings. The smallest absolute Gasteiger partial charge is 0.218 e. The van der Waals surface area contributed by atoms with Gasteiger partial charge in [-0.2, -0.15) is 0 Å². The van der Waals surface area contributed by atoms with Crippen molar-refractivity contribution in [1.29, 1.82) is 0 Å². The molecule has 0 radical (unpaired) electrons. The topological polar surface area (TPSA) is 33.3 Å². The molecule has 3 rings (SSSR count). The number of hydrogen-bond donors (Lipinski definition) is 1. The fourth-order valence-corrected chi connectivity index (χ4v) is 4.45. The van der Waals surface area contributed by atoms with Crippen LogP contribution in [0.4, 0.5) is 5.69 Å². The highest BCUT2D eigenvalue weighted by molar-refractivity contribution is 8.03. The van der Waals surface area contributed by atoms with Gasteiger partial charge in [0.15, 0.2) is 4.77 Å². The first kappa shape index (κ1) is 17.0. The number of benzene rings is 1. The Morgan fingerprint density at radius 3 is 2.50 bits per heavy atom. The molecule has 0 fully saturated rings. The number of aromatic hydroxyl groups is 1. The van der Waals surface area contributed by atoms with E-state index < -0.39 is 0 Å². The van der Waals surface area contributed by atoms with Crippen LogP contribution in [0.5, 0.6) is 5.88 Å². The van der Waals surface area contributed by atoms with E-state index in [9.17, 15) is 5.11 Å². The van der Waals surface area contributed by atoms with Crippen LogP contribution in [0.2, 0.25) is 0 Å². The highest BCUT2D eigenvalue weighted by Crippen LogP contribution is 2.45. The summed E-state index contributed by atoms with van der Waals surface area (Å²) >= 11 is 7.15. The first-order chi connectivity index (χ1) is 11.6. The van der Waals surface area contributed by atoms with Crippen molar-refractivity contribution >= 4 is 35.7 Å². The van der Waals surface area contributed by atoms with Crippen LogP contribution < -0.4 is 4.90 Å². The first-order valence-corrected chi connectivity index (χ1v) is 9.38. The van der Waals surface area contributed by atoms with E-state index in [1.54, 1.807) is 16.3 Å². The molecule has 1 aliphatic rings. The molecule has 4 nitrogen and oxygen atoms in total. The van der Waals surface area contributed by atoms with Crippen molar-refractivity contribution in [2.24, 2.45) is 0 Å². The second-order valence-electron chi connectivity index (χ2n) is 5.39. The third-order valence-electron chi connectivity index (χ3n) is 4.13. The summed E-state index contributed by atoms with van der Waals surface area (Å²) in [5.41, 5.74) is 5.29. The molecule has 0 bridgehead atoms. The molecule has 1 aromatic carbocycles. The first-order valence-electron chi connectivity index (χ1n) is 8.15. The monoisotopic (exact) mass is 359 g/mol. The normalized spacial score (nSPS) is 13.1. The van der Waals surface area contributed by atoms with Gasteiger partial charge in [-0.25, -0.2) is 0 Å². The molecule has 2 heterocycles. The minimum Gasteiger partial charge on any atom is -0.493 e. The second kappa shape index (κ2) is 6.93. The Bertz CT molecular complexity index is 888. The molecule has 0 saturated carbocycles. The zero-order valence-corrected chi connectivity index (χ0v) is 15.7. The SMILES string of the molecule is CCN1C(=C=Cc2c(O)n(CC)c(=S)n2CC)Sc2ccccc21. The van der Waals surface area contributed by atoms with Gasteiger partial charge in [-0.05, 0) is 45.1 Å². The van der Waals surface area contributed by atoms with Crippen LogP contribution in [0.1, 0.15) is 26.5 Å². The van der Waals surface area contributed by atoms with Crippen LogP contribution >= 0.6 is 24.0 Å². The van der Waals surface area contributed by atoms with Crippen molar-refractivity contribution in [1.82, 2.24) is 9.13 Å². The second-order valence-corrected chi connectivity index (χ2v) is 6.78. The van der Waals surface area contributed by atoms with E-state index in [1.807, 2.05) is 30.6 Å². The van der Waals surface area contributed by atoms with Crippen LogP contribution in [-0.2, 0) is 13.1 Å². The van der Waals surface area contributed by atoms with Crippen LogP contribution in [0.25, 0.3) is 6.08 Å². The summed E-state index contributed by atoms with van der Waals surface area (Å²) in [5.74, 6) is 0.209. The summed E-state index contributed by atoms with van der Waals surface area (Å²) in [5, 5.41) is 11.5. The molecule has 0 amide bonds. The van der Waals surface area contributed by atoms with E-state index in [2.05, 4.69) is 35.8 Å². The lowest BCUT2D eigenvalue weighted by molar-refractivity contribution is 0.419. The van der Waals surface area contributed by atoms with Crippen molar-refractivity contribution in [3.8, 4) is 5.88 Å². The number of fused-ring (bicyclic) bond motifs is 1. The molecule has 126 valence electrons. The minimum absolute atomic E-state index is 0.209. The fourth-order valence-electron chi connectivity index (χ4n) is 2.92. The third kappa shape index (κ3) is 2.71. The van der Waals surface area contributed by atoms with Crippen molar-refractivity contribution in [3.63, 3.8) is 0 Å². The lowest BCUT2D eigenvalue weighted by Gasteiger charge is -2.15. The van der Waals surface area contributed by atoms with Crippen LogP contribution in [0.3, 0.4) is 0 Å². The maximum absolute atomic E-state index is 10.5. The van der Waals surface area contributed by atoms with Gasteiger partial charge >= 0.3 is 0 Å². The predicted octanol–water partition coefficient (Wildman–Crippen LogP) is 4.85. The number of anilines is 1. The average molecular weight is 360 g/mol. The predicted molar refractivity (Wildman–Crippen MR) is 103 cm³/mol. The quantitative estimate of drug-likeness (QED) is 0.625. The van der Waals surface area contributed by atoms with Gasteiger partial charge in [-0.3, -0.25) is 4.57 Å². The molecule has 6 heteroatoms. The Morgan fingerprint density at radius 1 is 1.12 bits per heavy atom. The zero-order chi connectivity index (χ0) is 17.3. The third-order valence-corrected chi connectivity index (χ3v) is 5.66. The number of rotatable bonds is 4. The van der Waals surface area contributed by atoms with Crippen molar-refractivity contribution in [2.45, 2.75) is 38.8 Å². The Morgan fingerprint density at radius 2 is 1.83 bits per heavy atom. The Balaban J connectivity index is 2.09. The molecule has 0 atom stereocenters. The maximum atomic E-state index is 10.5. The van der Waals surface area contributed by atoms with Gasteiger partial charge in [-0.15, -0.1) is 0 Å². The highest BCUT2D eigenvalue weighted by Gasteiger charge is 2.23. The van der Waals surface area contributed by atoms with E-state index in [-0.39, 0.29) is 5.88 Å². The summed E-state index contributed by atoms with van der Waals surface area (Å²) in [6.07, 6.45) is 1.84. The van der Waals surface area contributed by atoms with Crippen LogP contribution in [-0.4, -0.2) is 20.8 Å². The van der Waals surface area contributed by atoms with Gasteiger partial charge in [0, 0.05) is 30.6 Å². The standard InChI is InChI=1S/C18H21N3OS2/c1-4-19-13-9-7-8-10-15(13)24-16(19)12-11-14-17(22)21(6-3)18(23)20(14)5-2/h7-11,22H,4-6H2,1-3H3. The summed E-state index contributed by atoms with van der Waals surface area (Å²) < 4.78 is 4.32. The lowest BCUT2D eigenvalue weighted by Crippen LogP contribution is -2.15. The van der Waals surface area contributed by atoms with E-state index >= 15 is 0 Å². The molecule has 1 aliphatic heterocycles. The van der Waals surface area contributed by atoms with Crippen molar-refractivity contribution < 1.29 is 5.11 Å². The molecule has 24 heavy (non-hydrogen) atoms. The molecule has 0 aliphatic carbocycles. The number of imidazole rings is 1. The van der Waals surface area contributed by atoms with Crippen molar-refractivity contribution in [2.75, 3.05) is 11.4 Å². The molecule has 1 aromatic heterocycles. The largest absolute Gasteiger partial charge is 0.493 e. The zero-order valence-electron chi connectivity index (χ0n) is 14.1. The van der Waals surface area contributed by atoms with E-state index in [4.69, 9.17) is 12.2 Å². The van der Waals surface area contributed by atoms with E-state index in [0.717, 1.165) is 11.6 Å². The molecular weight excluding hydrogens is 338 g/mol. The molecule has 0 spiro atoms. The van der Waals surface area contributed by atoms with Gasteiger partial charge in [0.05, 0.1) is 5.69 Å². The average Bonchev–Trinajstić information content (AvgIpc) is 3.06. The Hall–Kier alpha value is -1.88. The summed E-state index contributed by atoms with van der Waals surface area (Å²) in [4.78, 5) is 3.47. The van der Waals surface area contributed by atoms with Gasteiger partial charge in [0.25, 0.3) is 0 Å². The molecular formula is C18H21N3OS2. The van der Waals surface area contributed by atoms with Gasteiger partial charge < -0.3 is 14.6 Å². The van der Waals surface area contributed by atoms with E-state index in [1.165, 1.54) is 10.6 Å². The number of thioether (sulfide) groups is 1. The number of para-hydroxylation sites is 1. The van der Waals surface area contributed by atoms with Crippen molar-refractivity contribution in [3.05, 3.63) is 45.5 Å². The fraction of sp³-hybridized carbons (Fsp3) is 0.333. The molecule has 0 unspecified atom stereocenters. The van der Waals surface area contributed by atoms with Gasteiger partial charge in [0.2, 0.25) is 5.88 Å². The number of aromatic nitrogens is 2. The van der Waals surface area contributed by atoms with Gasteiger partial charge in [-0.1, -0.05) is 29.6 Å². The molecule has 1 N–H and O–H groups in total. The maximum Gasteiger partial charge on any atom is 0.218 e. The van der Waals surface area contributed by atoms with Crippen LogP contribution in [0.15, 0.2) is 39.9 Å².